The van der Waals surface area contributed by atoms with Crippen molar-refractivity contribution >= 4 is 39.8 Å². The Balaban J connectivity index is 2.17. The lowest BCUT2D eigenvalue weighted by Crippen LogP contribution is -2.39. The van der Waals surface area contributed by atoms with E-state index in [4.69, 9.17) is 0 Å². The summed E-state index contributed by atoms with van der Waals surface area (Å²) in [5.74, 6) is 0. The zero-order chi connectivity index (χ0) is 16.4. The summed E-state index contributed by atoms with van der Waals surface area (Å²) in [6, 6.07) is 24.0. The van der Waals surface area contributed by atoms with Crippen LogP contribution in [0, 0.1) is 0 Å². The van der Waals surface area contributed by atoms with Gasteiger partial charge in [0.25, 0.3) is 0 Å². The lowest BCUT2D eigenvalue weighted by molar-refractivity contribution is 1.58. The van der Waals surface area contributed by atoms with Gasteiger partial charge in [0, 0.05) is 0 Å². The Hall–Kier alpha value is -1.91. The van der Waals surface area contributed by atoms with Crippen molar-refractivity contribution in [1.82, 2.24) is 0 Å². The third kappa shape index (κ3) is 3.24. The average Bonchev–Trinajstić information content (AvgIpc) is 2.55. The number of hydrogen-bond acceptors (Lipinski definition) is 0. The van der Waals surface area contributed by atoms with Gasteiger partial charge in [-0.3, -0.25) is 0 Å². The molecule has 0 N–H and O–H groups in total. The summed E-state index contributed by atoms with van der Waals surface area (Å²) in [5.41, 5.74) is 5.91. The number of benzene rings is 3. The first-order chi connectivity index (χ1) is 11.0. The van der Waals surface area contributed by atoms with Gasteiger partial charge in [-0.25, -0.2) is 0 Å². The van der Waals surface area contributed by atoms with E-state index in [-0.39, 0.29) is 0 Å². The molecule has 0 bridgehead atoms. The van der Waals surface area contributed by atoms with Gasteiger partial charge in [0.15, 0.2) is 0 Å². The van der Waals surface area contributed by atoms with Crippen molar-refractivity contribution in [3.63, 3.8) is 0 Å². The first kappa shape index (κ1) is 16.0. The SMILES string of the molecule is C[Si](C)(C)c1ccccc1C(=C[Si])c1ccc2ccccc2c1. The Labute approximate surface area is 143 Å². The second kappa shape index (κ2) is 6.30. The fourth-order valence-corrected chi connectivity index (χ4v) is 4.99. The highest BCUT2D eigenvalue weighted by Crippen LogP contribution is 2.26. The van der Waals surface area contributed by atoms with Crippen LogP contribution < -0.4 is 5.19 Å². The summed E-state index contributed by atoms with van der Waals surface area (Å²) in [5, 5.41) is 4.06. The van der Waals surface area contributed by atoms with E-state index in [0.717, 1.165) is 0 Å². The number of fused-ring (bicyclic) bond motifs is 1. The predicted octanol–water partition coefficient (Wildman–Crippen LogP) is 4.94. The Bertz CT molecular complexity index is 870. The Kier molecular flexibility index (Phi) is 4.38. The molecule has 0 saturated heterocycles. The molecule has 0 aliphatic rings. The van der Waals surface area contributed by atoms with Crippen molar-refractivity contribution in [3.8, 4) is 0 Å². The molecule has 3 aromatic rings. The monoisotopic (exact) mass is 329 g/mol. The Morgan fingerprint density at radius 2 is 1.48 bits per heavy atom. The van der Waals surface area contributed by atoms with Crippen LogP contribution in [0.1, 0.15) is 11.1 Å². The summed E-state index contributed by atoms with van der Waals surface area (Å²) >= 11 is 0. The molecule has 0 aliphatic heterocycles. The first-order valence-corrected chi connectivity index (χ1v) is 12.0. The summed E-state index contributed by atoms with van der Waals surface area (Å²) < 4.78 is 0. The molecule has 0 saturated carbocycles. The topological polar surface area (TPSA) is 0 Å². The summed E-state index contributed by atoms with van der Waals surface area (Å²) in [6.07, 6.45) is 0. The van der Waals surface area contributed by atoms with Crippen molar-refractivity contribution in [1.29, 1.82) is 0 Å². The molecule has 0 unspecified atom stereocenters. The van der Waals surface area contributed by atoms with Gasteiger partial charge < -0.3 is 0 Å². The molecule has 0 atom stereocenters. The second-order valence-corrected chi connectivity index (χ2v) is 12.2. The van der Waals surface area contributed by atoms with Crippen LogP contribution in [-0.4, -0.2) is 18.3 Å². The third-order valence-electron chi connectivity index (χ3n) is 4.23. The van der Waals surface area contributed by atoms with Crippen LogP contribution in [0.25, 0.3) is 16.3 Å². The first-order valence-electron chi connectivity index (χ1n) is 7.97. The summed E-state index contributed by atoms with van der Waals surface area (Å²) in [6.45, 7) is 7.20. The van der Waals surface area contributed by atoms with Gasteiger partial charge in [-0.2, -0.15) is 0 Å². The van der Waals surface area contributed by atoms with E-state index in [1.807, 2.05) is 0 Å². The van der Waals surface area contributed by atoms with Gasteiger partial charge in [0.2, 0.25) is 0 Å². The van der Waals surface area contributed by atoms with Gasteiger partial charge in [-0.15, -0.1) is 0 Å². The van der Waals surface area contributed by atoms with Crippen LogP contribution in [0.3, 0.4) is 0 Å². The summed E-state index contributed by atoms with van der Waals surface area (Å²) in [4.78, 5) is 0. The van der Waals surface area contributed by atoms with Crippen LogP contribution in [0.4, 0.5) is 0 Å². The number of hydrogen-bond donors (Lipinski definition) is 0. The average molecular weight is 330 g/mol. The van der Waals surface area contributed by atoms with E-state index < -0.39 is 8.07 Å². The molecule has 3 rings (SSSR count). The van der Waals surface area contributed by atoms with Crippen LogP contribution in [0.5, 0.6) is 0 Å². The van der Waals surface area contributed by atoms with Crippen molar-refractivity contribution < 1.29 is 0 Å². The van der Waals surface area contributed by atoms with Crippen molar-refractivity contribution in [3.05, 3.63) is 83.6 Å². The molecule has 0 spiro atoms. The molecular formula is C21H21Si2. The standard InChI is InChI=1S/C21H21Si2/c1-23(2,3)21-11-7-6-10-19(21)20(15-22)18-13-12-16-8-4-5-9-17(16)14-18/h4-15H,1-3H3. The minimum Gasteiger partial charge on any atom is -0.0937 e. The van der Waals surface area contributed by atoms with Crippen LogP contribution in [0.15, 0.2) is 72.4 Å². The van der Waals surface area contributed by atoms with Crippen molar-refractivity contribution in [2.45, 2.75) is 19.6 Å². The molecule has 23 heavy (non-hydrogen) atoms. The van der Waals surface area contributed by atoms with Gasteiger partial charge >= 0.3 is 0 Å². The quantitative estimate of drug-likeness (QED) is 0.597. The van der Waals surface area contributed by atoms with Gasteiger partial charge in [0.1, 0.15) is 0 Å². The van der Waals surface area contributed by atoms with E-state index in [0.29, 0.717) is 0 Å². The molecule has 3 radical (unpaired) electrons. The highest BCUT2D eigenvalue weighted by atomic mass is 28.3. The van der Waals surface area contributed by atoms with E-state index in [2.05, 4.69) is 102 Å². The smallest absolute Gasteiger partial charge is 0.0784 e. The fourth-order valence-electron chi connectivity index (χ4n) is 3.05. The molecule has 0 amide bonds. The molecule has 0 aromatic heterocycles. The van der Waals surface area contributed by atoms with Gasteiger partial charge in [0.05, 0.1) is 18.3 Å². The van der Waals surface area contributed by atoms with E-state index in [1.165, 1.54) is 32.7 Å². The second-order valence-electron chi connectivity index (χ2n) is 6.92. The minimum atomic E-state index is -1.41. The maximum absolute atomic E-state index is 3.66. The normalized spacial score (nSPS) is 12.6. The Morgan fingerprint density at radius 1 is 0.826 bits per heavy atom. The van der Waals surface area contributed by atoms with Crippen molar-refractivity contribution in [2.75, 3.05) is 0 Å². The maximum atomic E-state index is 3.66. The van der Waals surface area contributed by atoms with Crippen LogP contribution in [-0.2, 0) is 0 Å². The van der Waals surface area contributed by atoms with Crippen LogP contribution >= 0.6 is 0 Å². The zero-order valence-corrected chi connectivity index (χ0v) is 15.9. The lowest BCUT2D eigenvalue weighted by Gasteiger charge is -2.23. The molecule has 0 heterocycles. The largest absolute Gasteiger partial charge is 0.0937 e. The molecular weight excluding hydrogens is 308 g/mol. The molecule has 0 nitrogen and oxygen atoms in total. The third-order valence-corrected chi connectivity index (χ3v) is 6.57. The van der Waals surface area contributed by atoms with E-state index in [1.54, 1.807) is 0 Å². The van der Waals surface area contributed by atoms with Crippen LogP contribution in [0.2, 0.25) is 19.6 Å². The molecule has 2 heteroatoms. The van der Waals surface area contributed by atoms with Crippen molar-refractivity contribution in [2.24, 2.45) is 0 Å². The fraction of sp³-hybridized carbons (Fsp3) is 0.143. The molecule has 0 aliphatic carbocycles. The highest BCUT2D eigenvalue weighted by molar-refractivity contribution is 6.89. The van der Waals surface area contributed by atoms with E-state index in [9.17, 15) is 0 Å². The number of rotatable bonds is 3. The Morgan fingerprint density at radius 3 is 2.17 bits per heavy atom. The lowest BCUT2D eigenvalue weighted by atomic mass is 9.97. The molecule has 0 fully saturated rings. The van der Waals surface area contributed by atoms with Gasteiger partial charge in [-0.1, -0.05) is 91.2 Å². The zero-order valence-electron chi connectivity index (χ0n) is 13.9. The predicted molar refractivity (Wildman–Crippen MR) is 106 cm³/mol. The maximum Gasteiger partial charge on any atom is 0.0784 e. The molecule has 113 valence electrons. The summed E-state index contributed by atoms with van der Waals surface area (Å²) in [7, 11) is 2.26. The highest BCUT2D eigenvalue weighted by Gasteiger charge is 2.21. The van der Waals surface area contributed by atoms with Gasteiger partial charge in [-0.05, 0) is 33.5 Å². The molecule has 3 aromatic carbocycles. The minimum absolute atomic E-state index is 1.25. The van der Waals surface area contributed by atoms with E-state index >= 15 is 0 Å².